The van der Waals surface area contributed by atoms with Crippen LogP contribution in [-0.2, 0) is 16.2 Å². The Kier molecular flexibility index (Phi) is 9.33. The Morgan fingerprint density at radius 3 is 1.48 bits per heavy atom. The first-order chi connectivity index (χ1) is 35.8. The molecule has 0 bridgehead atoms. The van der Waals surface area contributed by atoms with Gasteiger partial charge in [0.1, 0.15) is 0 Å². The van der Waals surface area contributed by atoms with Gasteiger partial charge in [-0.25, -0.2) is 0 Å². The van der Waals surface area contributed by atoms with Crippen LogP contribution >= 0.6 is 0 Å². The Morgan fingerprint density at radius 1 is 0.356 bits per heavy atom. The highest BCUT2D eigenvalue weighted by Crippen LogP contribution is 2.60. The SMILES string of the molecule is CC=Cc1ccc2c(c1)C1(CCCC1)c1cc(-c3ccc4c(c3)C3(CCCC3)c3cc(C=Cc5ccc(-c6ccc7c(c6)c6ccccc6n7-c6ccc7c(c6)C(C)(C)c6ccccc6-7)cc5)ccc3-4)ccc1-2. The van der Waals surface area contributed by atoms with Crippen molar-refractivity contribution in [2.24, 2.45) is 0 Å². The standard InChI is InChI=1S/C72H59N/c1-4-13-47-22-30-56-58-32-26-51(43-66(58)71(64(56)40-47)36-9-10-37-71)52-27-33-59-57-31-23-48(41-65(57)72(67(59)44-52)38-11-12-39-72)19-18-46-20-24-49(25-21-46)50-28-35-69-61(42-50)60-15-6-8-17-68(60)73(69)53-29-34-55-54-14-5-7-16-62(54)70(2,3)63(55)45-53/h4-8,13-35,40-45H,9-12,36-39H2,1-3H3. The molecule has 0 atom stereocenters. The van der Waals surface area contributed by atoms with Crippen molar-refractivity contribution in [1.29, 1.82) is 0 Å². The number of nitrogens with zero attached hydrogens (tertiary/aromatic N) is 1. The fraction of sp³-hybridized carbons (Fsp3) is 0.194. The summed E-state index contributed by atoms with van der Waals surface area (Å²) in [6.07, 6.45) is 19.1. The molecule has 0 amide bonds. The topological polar surface area (TPSA) is 4.93 Å². The molecule has 1 heteroatoms. The quantitative estimate of drug-likeness (QED) is 0.146. The molecule has 1 aromatic heterocycles. The number of para-hydroxylation sites is 1. The minimum absolute atomic E-state index is 0.0538. The third-order valence-electron chi connectivity index (χ3n) is 18.6. The van der Waals surface area contributed by atoms with E-state index >= 15 is 0 Å². The van der Waals surface area contributed by atoms with Gasteiger partial charge >= 0.3 is 0 Å². The highest BCUT2D eigenvalue weighted by atomic mass is 15.0. The van der Waals surface area contributed by atoms with E-state index in [1.807, 2.05) is 0 Å². The van der Waals surface area contributed by atoms with E-state index in [1.54, 1.807) is 16.7 Å². The molecule has 2 fully saturated rings. The van der Waals surface area contributed by atoms with Gasteiger partial charge in [0.2, 0.25) is 0 Å². The van der Waals surface area contributed by atoms with Crippen LogP contribution in [-0.4, -0.2) is 4.57 Å². The van der Waals surface area contributed by atoms with E-state index in [0.717, 1.165) is 0 Å². The van der Waals surface area contributed by atoms with E-state index in [1.165, 1.54) is 168 Å². The number of fused-ring (bicyclic) bond motifs is 16. The molecular formula is C72H59N. The zero-order valence-corrected chi connectivity index (χ0v) is 42.2. The number of benzene rings is 9. The molecule has 0 N–H and O–H groups in total. The second-order valence-electron chi connectivity index (χ2n) is 22.6. The van der Waals surface area contributed by atoms with Gasteiger partial charge in [0.25, 0.3) is 0 Å². The Balaban J connectivity index is 0.712. The van der Waals surface area contributed by atoms with Crippen LogP contribution in [0.4, 0.5) is 0 Å². The molecule has 10 aromatic rings. The van der Waals surface area contributed by atoms with Gasteiger partial charge in [0.15, 0.2) is 0 Å². The van der Waals surface area contributed by atoms with Gasteiger partial charge in [-0.3, -0.25) is 0 Å². The van der Waals surface area contributed by atoms with Crippen LogP contribution in [0.25, 0.3) is 101 Å². The third kappa shape index (κ3) is 6.21. The normalized spacial score (nSPS) is 17.0. The predicted octanol–water partition coefficient (Wildman–Crippen LogP) is 19.3. The lowest BCUT2D eigenvalue weighted by Crippen LogP contribution is -2.21. The fourth-order valence-electron chi connectivity index (χ4n) is 15.1. The van der Waals surface area contributed by atoms with Crippen LogP contribution < -0.4 is 0 Å². The largest absolute Gasteiger partial charge is 0.309 e. The van der Waals surface area contributed by atoms with Crippen molar-refractivity contribution in [3.05, 3.63) is 238 Å². The molecule has 0 saturated heterocycles. The molecule has 73 heavy (non-hydrogen) atoms. The highest BCUT2D eigenvalue weighted by Gasteiger charge is 2.47. The average Bonchev–Trinajstić information content (AvgIpc) is 4.30. The van der Waals surface area contributed by atoms with Crippen molar-refractivity contribution in [3.63, 3.8) is 0 Å². The maximum Gasteiger partial charge on any atom is 0.0541 e. The van der Waals surface area contributed by atoms with E-state index in [-0.39, 0.29) is 16.2 Å². The average molecular weight is 938 g/mol. The van der Waals surface area contributed by atoms with Gasteiger partial charge < -0.3 is 4.57 Å². The van der Waals surface area contributed by atoms with Gasteiger partial charge in [-0.05, 0) is 181 Å². The zero-order valence-electron chi connectivity index (χ0n) is 42.2. The number of aromatic nitrogens is 1. The fourth-order valence-corrected chi connectivity index (χ4v) is 15.1. The molecule has 0 radical (unpaired) electrons. The second kappa shape index (κ2) is 15.9. The first-order valence-corrected chi connectivity index (χ1v) is 27.1. The van der Waals surface area contributed by atoms with E-state index in [4.69, 9.17) is 0 Å². The number of rotatable bonds is 6. The summed E-state index contributed by atoms with van der Waals surface area (Å²) in [6, 6.07) is 70.4. The van der Waals surface area contributed by atoms with Crippen molar-refractivity contribution in [3.8, 4) is 61.3 Å². The minimum atomic E-state index is -0.0538. The molecule has 1 heterocycles. The molecule has 2 spiro atoms. The summed E-state index contributed by atoms with van der Waals surface area (Å²) in [5, 5.41) is 2.56. The summed E-state index contributed by atoms with van der Waals surface area (Å²) in [7, 11) is 0. The number of allylic oxidation sites excluding steroid dienone is 1. The summed E-state index contributed by atoms with van der Waals surface area (Å²) in [5.41, 5.74) is 30.3. The van der Waals surface area contributed by atoms with Crippen LogP contribution in [0.1, 0.15) is 122 Å². The van der Waals surface area contributed by atoms with Crippen LogP contribution in [0.5, 0.6) is 0 Å². The lowest BCUT2D eigenvalue weighted by atomic mass is 9.75. The molecule has 0 aliphatic heterocycles. The van der Waals surface area contributed by atoms with Crippen LogP contribution in [0.2, 0.25) is 0 Å². The van der Waals surface area contributed by atoms with E-state index < -0.39 is 0 Å². The summed E-state index contributed by atoms with van der Waals surface area (Å²) < 4.78 is 2.46. The lowest BCUT2D eigenvalue weighted by molar-refractivity contribution is 0.549. The van der Waals surface area contributed by atoms with E-state index in [0.29, 0.717) is 0 Å². The van der Waals surface area contributed by atoms with Crippen LogP contribution in [0.3, 0.4) is 0 Å². The lowest BCUT2D eigenvalue weighted by Gasteiger charge is -2.28. The van der Waals surface area contributed by atoms with Crippen molar-refractivity contribution in [2.75, 3.05) is 0 Å². The van der Waals surface area contributed by atoms with Crippen molar-refractivity contribution >= 4 is 40.0 Å². The summed E-state index contributed by atoms with van der Waals surface area (Å²) in [4.78, 5) is 0. The molecule has 9 aromatic carbocycles. The predicted molar refractivity (Wildman–Crippen MR) is 309 cm³/mol. The smallest absolute Gasteiger partial charge is 0.0541 e. The van der Waals surface area contributed by atoms with Gasteiger partial charge in [-0.15, -0.1) is 0 Å². The molecule has 2 saturated carbocycles. The minimum Gasteiger partial charge on any atom is -0.309 e. The molecular weight excluding hydrogens is 879 g/mol. The summed E-state index contributed by atoms with van der Waals surface area (Å²) >= 11 is 0. The third-order valence-corrected chi connectivity index (χ3v) is 18.6. The number of hydrogen-bond donors (Lipinski definition) is 0. The monoisotopic (exact) mass is 937 g/mol. The van der Waals surface area contributed by atoms with Crippen molar-refractivity contribution in [1.82, 2.24) is 4.57 Å². The Hall–Kier alpha value is -7.74. The maximum absolute atomic E-state index is 2.59. The zero-order chi connectivity index (χ0) is 48.6. The van der Waals surface area contributed by atoms with Crippen molar-refractivity contribution in [2.45, 2.75) is 88.4 Å². The second-order valence-corrected chi connectivity index (χ2v) is 22.6. The molecule has 5 aliphatic rings. The Bertz CT molecular complexity index is 4000. The van der Waals surface area contributed by atoms with Gasteiger partial charge in [-0.1, -0.05) is 203 Å². The van der Waals surface area contributed by atoms with Gasteiger partial charge in [0, 0.05) is 32.7 Å². The van der Waals surface area contributed by atoms with E-state index in [9.17, 15) is 0 Å². The number of hydrogen-bond acceptors (Lipinski definition) is 0. The van der Waals surface area contributed by atoms with Crippen LogP contribution in [0, 0.1) is 0 Å². The first kappa shape index (κ1) is 42.9. The molecule has 0 unspecified atom stereocenters. The molecule has 15 rings (SSSR count). The molecule has 1 nitrogen and oxygen atoms in total. The van der Waals surface area contributed by atoms with Crippen molar-refractivity contribution < 1.29 is 0 Å². The molecule has 5 aliphatic carbocycles. The van der Waals surface area contributed by atoms with E-state index in [2.05, 4.69) is 232 Å². The maximum atomic E-state index is 2.59. The van der Waals surface area contributed by atoms with Crippen LogP contribution in [0.15, 0.2) is 188 Å². The summed E-state index contributed by atoms with van der Waals surface area (Å²) in [5.74, 6) is 0. The molecule has 352 valence electrons. The van der Waals surface area contributed by atoms with Gasteiger partial charge in [0.05, 0.1) is 11.0 Å². The first-order valence-electron chi connectivity index (χ1n) is 27.1. The Labute approximate surface area is 430 Å². The van der Waals surface area contributed by atoms with Gasteiger partial charge in [-0.2, -0.15) is 0 Å². The highest BCUT2D eigenvalue weighted by molar-refractivity contribution is 6.10. The Morgan fingerprint density at radius 2 is 0.822 bits per heavy atom. The summed E-state index contributed by atoms with van der Waals surface area (Å²) in [6.45, 7) is 6.85.